The highest BCUT2D eigenvalue weighted by Crippen LogP contribution is 2.29. The molecule has 0 atom stereocenters. The van der Waals surface area contributed by atoms with Crippen LogP contribution in [0.25, 0.3) is 0 Å². The SMILES string of the molecule is N#Cc1cccc(NC(=O)C2CCC(CO)CC2)c1. The van der Waals surface area contributed by atoms with Crippen LogP contribution in [0.15, 0.2) is 24.3 Å². The molecular weight excluding hydrogens is 240 g/mol. The summed E-state index contributed by atoms with van der Waals surface area (Å²) < 4.78 is 0. The summed E-state index contributed by atoms with van der Waals surface area (Å²) in [7, 11) is 0. The lowest BCUT2D eigenvalue weighted by Gasteiger charge is -2.26. The zero-order valence-corrected chi connectivity index (χ0v) is 10.8. The molecule has 19 heavy (non-hydrogen) atoms. The highest BCUT2D eigenvalue weighted by Gasteiger charge is 2.25. The van der Waals surface area contributed by atoms with E-state index in [2.05, 4.69) is 11.4 Å². The minimum absolute atomic E-state index is 0.0199. The van der Waals surface area contributed by atoms with E-state index >= 15 is 0 Å². The van der Waals surface area contributed by atoms with E-state index in [-0.39, 0.29) is 18.4 Å². The molecule has 2 N–H and O–H groups in total. The summed E-state index contributed by atoms with van der Waals surface area (Å²) in [5.41, 5.74) is 1.22. The highest BCUT2D eigenvalue weighted by molar-refractivity contribution is 5.92. The van der Waals surface area contributed by atoms with Gasteiger partial charge in [-0.05, 0) is 49.8 Å². The molecule has 100 valence electrons. The van der Waals surface area contributed by atoms with Gasteiger partial charge in [-0.3, -0.25) is 4.79 Å². The van der Waals surface area contributed by atoms with Gasteiger partial charge in [-0.15, -0.1) is 0 Å². The van der Waals surface area contributed by atoms with E-state index in [1.165, 1.54) is 0 Å². The number of aliphatic hydroxyl groups is 1. The van der Waals surface area contributed by atoms with Crippen LogP contribution in [0.4, 0.5) is 5.69 Å². The number of hydrogen-bond acceptors (Lipinski definition) is 3. The van der Waals surface area contributed by atoms with Crippen LogP contribution in [0.3, 0.4) is 0 Å². The number of carbonyl (C=O) groups is 1. The monoisotopic (exact) mass is 258 g/mol. The molecule has 4 heteroatoms. The second-order valence-corrected chi connectivity index (χ2v) is 5.08. The fourth-order valence-electron chi connectivity index (χ4n) is 2.52. The zero-order chi connectivity index (χ0) is 13.7. The number of nitriles is 1. The van der Waals surface area contributed by atoms with Gasteiger partial charge in [0.1, 0.15) is 0 Å². The molecule has 4 nitrogen and oxygen atoms in total. The van der Waals surface area contributed by atoms with E-state index < -0.39 is 0 Å². The van der Waals surface area contributed by atoms with Crippen molar-refractivity contribution < 1.29 is 9.90 Å². The topological polar surface area (TPSA) is 73.1 Å². The number of carbonyl (C=O) groups excluding carboxylic acids is 1. The van der Waals surface area contributed by atoms with Gasteiger partial charge in [-0.25, -0.2) is 0 Å². The van der Waals surface area contributed by atoms with Gasteiger partial charge in [-0.2, -0.15) is 5.26 Å². The van der Waals surface area contributed by atoms with E-state index in [9.17, 15) is 4.79 Å². The maximum Gasteiger partial charge on any atom is 0.227 e. The van der Waals surface area contributed by atoms with Crippen LogP contribution in [0, 0.1) is 23.2 Å². The molecule has 0 spiro atoms. The van der Waals surface area contributed by atoms with Crippen LogP contribution >= 0.6 is 0 Å². The maximum absolute atomic E-state index is 12.1. The Morgan fingerprint density at radius 3 is 2.74 bits per heavy atom. The summed E-state index contributed by atoms with van der Waals surface area (Å²) in [4.78, 5) is 12.1. The average Bonchev–Trinajstić information content (AvgIpc) is 2.47. The normalized spacial score (nSPS) is 22.5. The first-order chi connectivity index (χ1) is 9.22. The lowest BCUT2D eigenvalue weighted by atomic mass is 9.82. The third-order valence-corrected chi connectivity index (χ3v) is 3.73. The fourth-order valence-corrected chi connectivity index (χ4v) is 2.52. The van der Waals surface area contributed by atoms with Gasteiger partial charge in [0.25, 0.3) is 0 Å². The quantitative estimate of drug-likeness (QED) is 0.873. The van der Waals surface area contributed by atoms with E-state index in [0.29, 0.717) is 17.2 Å². The van der Waals surface area contributed by atoms with Crippen molar-refractivity contribution in [2.24, 2.45) is 11.8 Å². The van der Waals surface area contributed by atoms with Crippen LogP contribution < -0.4 is 5.32 Å². The van der Waals surface area contributed by atoms with Crippen molar-refractivity contribution >= 4 is 11.6 Å². The Morgan fingerprint density at radius 2 is 2.11 bits per heavy atom. The Bertz CT molecular complexity index is 485. The smallest absolute Gasteiger partial charge is 0.227 e. The summed E-state index contributed by atoms with van der Waals surface area (Å²) in [6, 6.07) is 8.99. The first kappa shape index (κ1) is 13.6. The second kappa shape index (κ2) is 6.35. The van der Waals surface area contributed by atoms with Crippen LogP contribution in [-0.4, -0.2) is 17.6 Å². The minimum Gasteiger partial charge on any atom is -0.396 e. The van der Waals surface area contributed by atoms with Gasteiger partial charge in [0.2, 0.25) is 5.91 Å². The first-order valence-electron chi connectivity index (χ1n) is 6.65. The first-order valence-corrected chi connectivity index (χ1v) is 6.65. The Labute approximate surface area is 113 Å². The Hall–Kier alpha value is -1.86. The molecule has 1 aliphatic rings. The van der Waals surface area contributed by atoms with Crippen molar-refractivity contribution in [1.29, 1.82) is 5.26 Å². The molecule has 1 fully saturated rings. The van der Waals surface area contributed by atoms with Gasteiger partial charge < -0.3 is 10.4 Å². The molecule has 1 aromatic carbocycles. The third kappa shape index (κ3) is 3.55. The molecule has 0 bridgehead atoms. The summed E-state index contributed by atoms with van der Waals surface area (Å²) in [6.45, 7) is 0.221. The predicted octanol–water partition coefficient (Wildman–Crippen LogP) is 2.30. The number of hydrogen-bond donors (Lipinski definition) is 2. The predicted molar refractivity (Wildman–Crippen MR) is 72.3 cm³/mol. The highest BCUT2D eigenvalue weighted by atomic mass is 16.3. The number of amides is 1. The lowest BCUT2D eigenvalue weighted by molar-refractivity contribution is -0.121. The van der Waals surface area contributed by atoms with Gasteiger partial charge in [0.05, 0.1) is 11.6 Å². The molecule has 1 amide bonds. The Morgan fingerprint density at radius 1 is 1.37 bits per heavy atom. The van der Waals surface area contributed by atoms with E-state index in [1.54, 1.807) is 24.3 Å². The number of nitrogens with zero attached hydrogens (tertiary/aromatic N) is 1. The Balaban J connectivity index is 1.92. The standard InChI is InChI=1S/C15H18N2O2/c16-9-12-2-1-3-14(8-12)17-15(19)13-6-4-11(10-18)5-7-13/h1-3,8,11,13,18H,4-7,10H2,(H,17,19). The second-order valence-electron chi connectivity index (χ2n) is 5.08. The van der Waals surface area contributed by atoms with Gasteiger partial charge in [0.15, 0.2) is 0 Å². The van der Waals surface area contributed by atoms with Crippen molar-refractivity contribution in [3.8, 4) is 6.07 Å². The summed E-state index contributed by atoms with van der Waals surface area (Å²) in [5, 5.41) is 20.8. The van der Waals surface area contributed by atoms with Crippen molar-refractivity contribution in [1.82, 2.24) is 0 Å². The third-order valence-electron chi connectivity index (χ3n) is 3.73. The molecule has 0 radical (unpaired) electrons. The lowest BCUT2D eigenvalue weighted by Crippen LogP contribution is -2.28. The van der Waals surface area contributed by atoms with Crippen molar-refractivity contribution in [3.05, 3.63) is 29.8 Å². The van der Waals surface area contributed by atoms with Crippen LogP contribution in [0.5, 0.6) is 0 Å². The largest absolute Gasteiger partial charge is 0.396 e. The van der Waals surface area contributed by atoms with E-state index in [1.807, 2.05) is 0 Å². The van der Waals surface area contributed by atoms with E-state index in [4.69, 9.17) is 10.4 Å². The van der Waals surface area contributed by atoms with Crippen LogP contribution in [-0.2, 0) is 4.79 Å². The molecule has 1 saturated carbocycles. The van der Waals surface area contributed by atoms with Crippen LogP contribution in [0.1, 0.15) is 31.2 Å². The molecule has 0 heterocycles. The van der Waals surface area contributed by atoms with Crippen molar-refractivity contribution in [3.63, 3.8) is 0 Å². The number of anilines is 1. The molecule has 1 aromatic rings. The van der Waals surface area contributed by atoms with Crippen molar-refractivity contribution in [2.75, 3.05) is 11.9 Å². The summed E-state index contributed by atoms with van der Waals surface area (Å²) >= 11 is 0. The number of benzene rings is 1. The molecular formula is C15H18N2O2. The minimum atomic E-state index is 0.0199. The van der Waals surface area contributed by atoms with Gasteiger partial charge in [0, 0.05) is 18.2 Å². The molecule has 0 aliphatic heterocycles. The fraction of sp³-hybridized carbons (Fsp3) is 0.467. The average molecular weight is 258 g/mol. The number of nitrogens with one attached hydrogen (secondary N) is 1. The summed E-state index contributed by atoms with van der Waals surface area (Å²) in [6.07, 6.45) is 3.48. The van der Waals surface area contributed by atoms with Gasteiger partial charge >= 0.3 is 0 Å². The van der Waals surface area contributed by atoms with Crippen LogP contribution in [0.2, 0.25) is 0 Å². The Kier molecular flexibility index (Phi) is 4.53. The molecule has 1 aliphatic carbocycles. The van der Waals surface area contributed by atoms with Crippen molar-refractivity contribution in [2.45, 2.75) is 25.7 Å². The zero-order valence-electron chi connectivity index (χ0n) is 10.8. The molecule has 0 unspecified atom stereocenters. The van der Waals surface area contributed by atoms with E-state index in [0.717, 1.165) is 25.7 Å². The molecule has 2 rings (SSSR count). The summed E-state index contributed by atoms with van der Waals surface area (Å²) in [5.74, 6) is 0.394. The molecule has 0 aromatic heterocycles. The number of aliphatic hydroxyl groups excluding tert-OH is 1. The number of rotatable bonds is 3. The molecule has 0 saturated heterocycles. The van der Waals surface area contributed by atoms with Gasteiger partial charge in [-0.1, -0.05) is 6.07 Å². The maximum atomic E-state index is 12.1.